The van der Waals surface area contributed by atoms with Crippen molar-refractivity contribution in [3.63, 3.8) is 0 Å². The summed E-state index contributed by atoms with van der Waals surface area (Å²) >= 11 is 1.84. The van der Waals surface area contributed by atoms with Crippen LogP contribution in [0.25, 0.3) is 0 Å². The highest BCUT2D eigenvalue weighted by Gasteiger charge is 2.29. The molecule has 0 saturated carbocycles. The molecule has 0 spiro atoms. The summed E-state index contributed by atoms with van der Waals surface area (Å²) in [5.74, 6) is 0. The van der Waals surface area contributed by atoms with Gasteiger partial charge in [0.05, 0.1) is 0 Å². The zero-order valence-electron chi connectivity index (χ0n) is 11.7. The van der Waals surface area contributed by atoms with E-state index in [1.807, 2.05) is 11.8 Å². The molecule has 2 nitrogen and oxygen atoms in total. The molecule has 1 heterocycles. The minimum atomic E-state index is 0.447. The Morgan fingerprint density at radius 1 is 1.39 bits per heavy atom. The second kappa shape index (κ2) is 6.09. The Kier molecular flexibility index (Phi) is 4.71. The fourth-order valence-electron chi connectivity index (χ4n) is 2.84. The van der Waals surface area contributed by atoms with Crippen molar-refractivity contribution in [2.45, 2.75) is 24.8 Å². The molecule has 1 aliphatic heterocycles. The molecule has 3 heteroatoms. The Morgan fingerprint density at radius 3 is 2.83 bits per heavy atom. The average Bonchev–Trinajstić information content (AvgIpc) is 2.76. The summed E-state index contributed by atoms with van der Waals surface area (Å²) in [6, 6.07) is 8.73. The first-order chi connectivity index (χ1) is 8.63. The molecule has 0 bridgehead atoms. The molecule has 1 fully saturated rings. The van der Waals surface area contributed by atoms with Crippen LogP contribution in [0.2, 0.25) is 0 Å². The molecule has 1 N–H and O–H groups in total. The second-order valence-electron chi connectivity index (χ2n) is 5.72. The van der Waals surface area contributed by atoms with E-state index in [1.165, 1.54) is 30.0 Å². The summed E-state index contributed by atoms with van der Waals surface area (Å²) in [5, 5.41) is 3.47. The number of nitrogens with one attached hydrogen (secondary N) is 1. The van der Waals surface area contributed by atoms with Crippen molar-refractivity contribution in [2.24, 2.45) is 5.41 Å². The third kappa shape index (κ3) is 3.50. The van der Waals surface area contributed by atoms with Crippen LogP contribution in [0.3, 0.4) is 0 Å². The molecule has 0 radical (unpaired) electrons. The largest absolute Gasteiger partial charge is 0.316 e. The number of rotatable bonds is 5. The lowest BCUT2D eigenvalue weighted by Crippen LogP contribution is -2.34. The molecule has 0 aromatic heterocycles. The second-order valence-corrected chi connectivity index (χ2v) is 6.57. The summed E-state index contributed by atoms with van der Waals surface area (Å²) in [4.78, 5) is 3.86. The van der Waals surface area contributed by atoms with Crippen LogP contribution in [-0.4, -0.2) is 37.8 Å². The predicted octanol–water partition coefficient (Wildman–Crippen LogP) is 2.84. The van der Waals surface area contributed by atoms with Crippen molar-refractivity contribution in [1.29, 1.82) is 0 Å². The average molecular weight is 264 g/mol. The van der Waals surface area contributed by atoms with Crippen molar-refractivity contribution < 1.29 is 0 Å². The van der Waals surface area contributed by atoms with Gasteiger partial charge in [-0.1, -0.05) is 25.1 Å². The van der Waals surface area contributed by atoms with Crippen molar-refractivity contribution in [2.75, 3.05) is 32.9 Å². The summed E-state index contributed by atoms with van der Waals surface area (Å²) in [5.41, 5.74) is 1.89. The summed E-state index contributed by atoms with van der Waals surface area (Å²) in [6.07, 6.45) is 3.45. The molecular weight excluding hydrogens is 240 g/mol. The molecule has 1 atom stereocenters. The lowest BCUT2D eigenvalue weighted by atomic mass is 9.89. The van der Waals surface area contributed by atoms with E-state index in [0.717, 1.165) is 13.1 Å². The fraction of sp³-hybridized carbons (Fsp3) is 0.600. The van der Waals surface area contributed by atoms with Crippen molar-refractivity contribution >= 4 is 11.8 Å². The van der Waals surface area contributed by atoms with E-state index in [-0.39, 0.29) is 0 Å². The number of nitrogens with zero attached hydrogens (tertiary/aromatic N) is 1. The van der Waals surface area contributed by atoms with Crippen molar-refractivity contribution in [3.05, 3.63) is 29.8 Å². The highest BCUT2D eigenvalue weighted by atomic mass is 32.2. The van der Waals surface area contributed by atoms with Gasteiger partial charge in [-0.25, -0.2) is 0 Å². The maximum atomic E-state index is 3.47. The zero-order valence-corrected chi connectivity index (χ0v) is 12.5. The van der Waals surface area contributed by atoms with Gasteiger partial charge >= 0.3 is 0 Å². The molecule has 1 aromatic rings. The van der Waals surface area contributed by atoms with Crippen LogP contribution in [0, 0.1) is 5.41 Å². The Balaban J connectivity index is 1.96. The van der Waals surface area contributed by atoms with E-state index >= 15 is 0 Å². The first-order valence-electron chi connectivity index (χ1n) is 6.64. The SMILES string of the molecule is CSc1ccccc1CN(C)CC1(C)CCNC1. The molecular formula is C15H24N2S. The highest BCUT2D eigenvalue weighted by molar-refractivity contribution is 7.98. The van der Waals surface area contributed by atoms with E-state index in [2.05, 4.69) is 54.7 Å². The van der Waals surface area contributed by atoms with Gasteiger partial charge in [-0.05, 0) is 43.3 Å². The molecule has 1 unspecified atom stereocenters. The molecule has 2 rings (SSSR count). The molecule has 18 heavy (non-hydrogen) atoms. The Bertz CT molecular complexity index is 386. The highest BCUT2D eigenvalue weighted by Crippen LogP contribution is 2.27. The third-order valence-electron chi connectivity index (χ3n) is 3.74. The van der Waals surface area contributed by atoms with E-state index in [0.29, 0.717) is 5.41 Å². The van der Waals surface area contributed by atoms with Crippen LogP contribution in [-0.2, 0) is 6.54 Å². The Labute approximate surface area is 115 Å². The van der Waals surface area contributed by atoms with E-state index in [9.17, 15) is 0 Å². The van der Waals surface area contributed by atoms with Crippen molar-refractivity contribution in [3.8, 4) is 0 Å². The molecule has 0 amide bonds. The van der Waals surface area contributed by atoms with Gasteiger partial charge in [0.2, 0.25) is 0 Å². The molecule has 1 aromatic carbocycles. The number of thioether (sulfide) groups is 1. The van der Waals surface area contributed by atoms with E-state index in [4.69, 9.17) is 0 Å². The van der Waals surface area contributed by atoms with Crippen LogP contribution in [0.4, 0.5) is 0 Å². The van der Waals surface area contributed by atoms with Gasteiger partial charge in [-0.15, -0.1) is 11.8 Å². The Morgan fingerprint density at radius 2 is 2.17 bits per heavy atom. The minimum absolute atomic E-state index is 0.447. The number of hydrogen-bond donors (Lipinski definition) is 1. The maximum Gasteiger partial charge on any atom is 0.0242 e. The number of hydrogen-bond acceptors (Lipinski definition) is 3. The summed E-state index contributed by atoms with van der Waals surface area (Å²) in [6.45, 7) is 6.94. The Hall–Kier alpha value is -0.510. The normalized spacial score (nSPS) is 23.8. The van der Waals surface area contributed by atoms with Crippen LogP contribution >= 0.6 is 11.8 Å². The maximum absolute atomic E-state index is 3.47. The lowest BCUT2D eigenvalue weighted by Gasteiger charge is -2.29. The molecule has 0 aliphatic carbocycles. The third-order valence-corrected chi connectivity index (χ3v) is 4.58. The number of benzene rings is 1. The fourth-order valence-corrected chi connectivity index (χ4v) is 3.45. The molecule has 1 aliphatic rings. The van der Waals surface area contributed by atoms with Gasteiger partial charge in [-0.3, -0.25) is 0 Å². The van der Waals surface area contributed by atoms with Gasteiger partial charge in [-0.2, -0.15) is 0 Å². The zero-order chi connectivity index (χ0) is 13.0. The first kappa shape index (κ1) is 13.9. The minimum Gasteiger partial charge on any atom is -0.316 e. The molecule has 100 valence electrons. The van der Waals surface area contributed by atoms with Gasteiger partial charge in [0.1, 0.15) is 0 Å². The smallest absolute Gasteiger partial charge is 0.0242 e. The van der Waals surface area contributed by atoms with Crippen LogP contribution in [0.15, 0.2) is 29.2 Å². The van der Waals surface area contributed by atoms with E-state index < -0.39 is 0 Å². The first-order valence-corrected chi connectivity index (χ1v) is 7.87. The molecule has 1 saturated heterocycles. The van der Waals surface area contributed by atoms with E-state index in [1.54, 1.807) is 0 Å². The van der Waals surface area contributed by atoms with Crippen LogP contribution in [0.5, 0.6) is 0 Å². The van der Waals surface area contributed by atoms with Gasteiger partial charge in [0.15, 0.2) is 0 Å². The van der Waals surface area contributed by atoms with Crippen LogP contribution in [0.1, 0.15) is 18.9 Å². The summed E-state index contributed by atoms with van der Waals surface area (Å²) in [7, 11) is 2.24. The predicted molar refractivity (Wildman–Crippen MR) is 80.2 cm³/mol. The monoisotopic (exact) mass is 264 g/mol. The van der Waals surface area contributed by atoms with Gasteiger partial charge in [0, 0.05) is 24.5 Å². The van der Waals surface area contributed by atoms with Gasteiger partial charge in [0.25, 0.3) is 0 Å². The lowest BCUT2D eigenvalue weighted by molar-refractivity contribution is 0.202. The topological polar surface area (TPSA) is 15.3 Å². The standard InChI is InChI=1S/C15H24N2S/c1-15(8-9-16-11-15)12-17(2)10-13-6-4-5-7-14(13)18-3/h4-7,16H,8-12H2,1-3H3. The summed E-state index contributed by atoms with van der Waals surface area (Å²) < 4.78 is 0. The van der Waals surface area contributed by atoms with Gasteiger partial charge < -0.3 is 10.2 Å². The van der Waals surface area contributed by atoms with Crippen molar-refractivity contribution in [1.82, 2.24) is 10.2 Å². The van der Waals surface area contributed by atoms with Crippen LogP contribution < -0.4 is 5.32 Å². The quantitative estimate of drug-likeness (QED) is 0.823.